The highest BCUT2D eigenvalue weighted by molar-refractivity contribution is 5.92. The fourth-order valence-electron chi connectivity index (χ4n) is 2.49. The summed E-state index contributed by atoms with van der Waals surface area (Å²) in [6.45, 7) is 1.70. The Morgan fingerprint density at radius 1 is 1.21 bits per heavy atom. The fraction of sp³-hybridized carbons (Fsp3) is 0.263. The average molecular weight is 390 g/mol. The van der Waals surface area contributed by atoms with E-state index >= 15 is 0 Å². The molecule has 0 radical (unpaired) electrons. The molecular formula is C19H19FN2O6. The van der Waals surface area contributed by atoms with E-state index in [9.17, 15) is 24.1 Å². The van der Waals surface area contributed by atoms with Crippen LogP contribution in [0.3, 0.4) is 0 Å². The minimum Gasteiger partial charge on any atom is -0.490 e. The number of nitro groups is 1. The molecule has 0 aliphatic carbocycles. The molecule has 0 bridgehead atoms. The number of rotatable bonds is 8. The first kappa shape index (κ1) is 20.8. The predicted molar refractivity (Wildman–Crippen MR) is 97.4 cm³/mol. The van der Waals surface area contributed by atoms with E-state index in [0.717, 1.165) is 6.07 Å². The maximum atomic E-state index is 13.3. The van der Waals surface area contributed by atoms with Gasteiger partial charge in [-0.1, -0.05) is 12.1 Å². The second kappa shape index (κ2) is 9.45. The quantitative estimate of drug-likeness (QED) is 0.390. The van der Waals surface area contributed by atoms with Crippen LogP contribution in [-0.2, 0) is 16.1 Å². The molecule has 28 heavy (non-hydrogen) atoms. The summed E-state index contributed by atoms with van der Waals surface area (Å²) in [6.07, 6.45) is 0. The molecule has 0 aromatic heterocycles. The lowest BCUT2D eigenvalue weighted by molar-refractivity contribution is -0.385. The molecule has 2 rings (SSSR count). The highest BCUT2D eigenvalue weighted by Gasteiger charge is 2.20. The van der Waals surface area contributed by atoms with Crippen molar-refractivity contribution in [1.82, 2.24) is 4.90 Å². The maximum Gasteiger partial charge on any atom is 0.338 e. The van der Waals surface area contributed by atoms with Crippen LogP contribution in [0, 0.1) is 15.9 Å². The molecular weight excluding hydrogens is 371 g/mol. The summed E-state index contributed by atoms with van der Waals surface area (Å²) in [6, 6.07) is 9.45. The van der Waals surface area contributed by atoms with Gasteiger partial charge in [0.1, 0.15) is 5.82 Å². The summed E-state index contributed by atoms with van der Waals surface area (Å²) in [5, 5.41) is 11.0. The van der Waals surface area contributed by atoms with Crippen LogP contribution in [0.2, 0.25) is 0 Å². The highest BCUT2D eigenvalue weighted by atomic mass is 19.1. The van der Waals surface area contributed by atoms with Crippen molar-refractivity contribution in [3.8, 4) is 5.75 Å². The van der Waals surface area contributed by atoms with Crippen molar-refractivity contribution in [3.05, 3.63) is 69.5 Å². The van der Waals surface area contributed by atoms with Gasteiger partial charge in [-0.05, 0) is 36.8 Å². The van der Waals surface area contributed by atoms with Crippen LogP contribution in [0.4, 0.5) is 10.1 Å². The summed E-state index contributed by atoms with van der Waals surface area (Å²) in [5.41, 5.74) is 0.144. The Balaban J connectivity index is 2.01. The lowest BCUT2D eigenvalue weighted by atomic mass is 10.2. The number of likely N-dealkylation sites (N-methyl/N-ethyl adjacent to an activating group) is 1. The van der Waals surface area contributed by atoms with Crippen LogP contribution < -0.4 is 4.74 Å². The first-order valence-electron chi connectivity index (χ1n) is 8.37. The topological polar surface area (TPSA) is 99.0 Å². The zero-order valence-electron chi connectivity index (χ0n) is 15.4. The van der Waals surface area contributed by atoms with Gasteiger partial charge in [0.2, 0.25) is 0 Å². The first-order valence-corrected chi connectivity index (χ1v) is 8.37. The monoisotopic (exact) mass is 390 g/mol. The van der Waals surface area contributed by atoms with E-state index in [-0.39, 0.29) is 23.5 Å². The second-order valence-electron chi connectivity index (χ2n) is 5.76. The molecule has 0 spiro atoms. The average Bonchev–Trinajstić information content (AvgIpc) is 2.69. The number of carbonyl (C=O) groups is 2. The van der Waals surface area contributed by atoms with Crippen LogP contribution in [0.25, 0.3) is 0 Å². The standard InChI is InChI=1S/C19H19FN2O6/c1-3-21(11-13-5-4-6-15(20)9-13)18(23)12-28-19(24)14-7-8-17(27-2)16(10-14)22(25)26/h4-10H,3,11-12H2,1-2H3. The first-order chi connectivity index (χ1) is 13.3. The molecule has 2 aromatic rings. The largest absolute Gasteiger partial charge is 0.490 e. The third-order valence-corrected chi connectivity index (χ3v) is 3.93. The van der Waals surface area contributed by atoms with E-state index in [1.54, 1.807) is 19.1 Å². The van der Waals surface area contributed by atoms with E-state index in [1.165, 1.54) is 36.3 Å². The minimum absolute atomic E-state index is 0.00452. The zero-order valence-corrected chi connectivity index (χ0v) is 15.4. The van der Waals surface area contributed by atoms with Gasteiger partial charge in [-0.15, -0.1) is 0 Å². The van der Waals surface area contributed by atoms with Crippen LogP contribution in [0.15, 0.2) is 42.5 Å². The Morgan fingerprint density at radius 3 is 2.57 bits per heavy atom. The SMILES string of the molecule is CCN(Cc1cccc(F)c1)C(=O)COC(=O)c1ccc(OC)c([N+](=O)[O-])c1. The predicted octanol–water partition coefficient (Wildman–Crippen LogP) is 2.95. The molecule has 0 saturated heterocycles. The minimum atomic E-state index is -0.874. The van der Waals surface area contributed by atoms with Crippen molar-refractivity contribution in [2.75, 3.05) is 20.3 Å². The number of nitro benzene ring substituents is 1. The summed E-state index contributed by atoms with van der Waals surface area (Å²) in [7, 11) is 1.27. The highest BCUT2D eigenvalue weighted by Crippen LogP contribution is 2.27. The number of halogens is 1. The number of esters is 1. The van der Waals surface area contributed by atoms with Crippen molar-refractivity contribution < 1.29 is 28.4 Å². The van der Waals surface area contributed by atoms with Crippen LogP contribution in [0.5, 0.6) is 5.75 Å². The number of methoxy groups -OCH3 is 1. The number of ether oxygens (including phenoxy) is 2. The number of amides is 1. The van der Waals surface area contributed by atoms with Gasteiger partial charge in [-0.25, -0.2) is 9.18 Å². The zero-order chi connectivity index (χ0) is 20.7. The van der Waals surface area contributed by atoms with Crippen LogP contribution in [-0.4, -0.2) is 42.0 Å². The van der Waals surface area contributed by atoms with E-state index in [2.05, 4.69) is 0 Å². The van der Waals surface area contributed by atoms with Crippen LogP contribution >= 0.6 is 0 Å². The fourth-order valence-corrected chi connectivity index (χ4v) is 2.49. The molecule has 0 atom stereocenters. The molecule has 1 amide bonds. The Hall–Kier alpha value is -3.49. The molecule has 0 aliphatic rings. The van der Waals surface area contributed by atoms with E-state index in [4.69, 9.17) is 9.47 Å². The van der Waals surface area contributed by atoms with Crippen molar-refractivity contribution in [2.45, 2.75) is 13.5 Å². The number of hydrogen-bond acceptors (Lipinski definition) is 6. The molecule has 0 heterocycles. The molecule has 0 saturated carbocycles. The summed E-state index contributed by atoms with van der Waals surface area (Å²) in [4.78, 5) is 36.2. The van der Waals surface area contributed by atoms with Gasteiger partial charge in [-0.3, -0.25) is 14.9 Å². The molecule has 0 fully saturated rings. The Labute approximate surface area is 160 Å². The molecule has 8 nitrogen and oxygen atoms in total. The van der Waals surface area contributed by atoms with Gasteiger partial charge < -0.3 is 14.4 Å². The van der Waals surface area contributed by atoms with Crippen molar-refractivity contribution in [2.24, 2.45) is 0 Å². The van der Waals surface area contributed by atoms with Gasteiger partial charge in [0.25, 0.3) is 5.91 Å². The smallest absolute Gasteiger partial charge is 0.338 e. The van der Waals surface area contributed by atoms with E-state index < -0.39 is 29.2 Å². The maximum absolute atomic E-state index is 13.3. The van der Waals surface area contributed by atoms with Gasteiger partial charge in [0.15, 0.2) is 12.4 Å². The number of nitrogens with zero attached hydrogens (tertiary/aromatic N) is 2. The molecule has 0 unspecified atom stereocenters. The van der Waals surface area contributed by atoms with E-state index in [1.807, 2.05) is 0 Å². The lowest BCUT2D eigenvalue weighted by Crippen LogP contribution is -2.34. The molecule has 9 heteroatoms. The van der Waals surface area contributed by atoms with Crippen molar-refractivity contribution in [1.29, 1.82) is 0 Å². The second-order valence-corrected chi connectivity index (χ2v) is 5.76. The Kier molecular flexibility index (Phi) is 7.02. The Bertz CT molecular complexity index is 886. The number of carbonyl (C=O) groups excluding carboxylic acids is 2. The summed E-state index contributed by atoms with van der Waals surface area (Å²) >= 11 is 0. The van der Waals surface area contributed by atoms with E-state index in [0.29, 0.717) is 12.1 Å². The third kappa shape index (κ3) is 5.26. The molecule has 148 valence electrons. The normalized spacial score (nSPS) is 10.2. The molecule has 2 aromatic carbocycles. The summed E-state index contributed by atoms with van der Waals surface area (Å²) in [5.74, 6) is -1.75. The number of hydrogen-bond donors (Lipinski definition) is 0. The van der Waals surface area contributed by atoms with Crippen molar-refractivity contribution >= 4 is 17.6 Å². The van der Waals surface area contributed by atoms with Crippen molar-refractivity contribution in [3.63, 3.8) is 0 Å². The van der Waals surface area contributed by atoms with Gasteiger partial charge in [-0.2, -0.15) is 0 Å². The number of benzene rings is 2. The summed E-state index contributed by atoms with van der Waals surface area (Å²) < 4.78 is 23.1. The van der Waals surface area contributed by atoms with Gasteiger partial charge >= 0.3 is 11.7 Å². The lowest BCUT2D eigenvalue weighted by Gasteiger charge is -2.21. The molecule has 0 N–H and O–H groups in total. The third-order valence-electron chi connectivity index (χ3n) is 3.93. The molecule has 0 aliphatic heterocycles. The van der Waals surface area contributed by atoms with Gasteiger partial charge in [0.05, 0.1) is 17.6 Å². The van der Waals surface area contributed by atoms with Gasteiger partial charge in [0, 0.05) is 19.2 Å². The van der Waals surface area contributed by atoms with Crippen LogP contribution in [0.1, 0.15) is 22.8 Å². The Morgan fingerprint density at radius 2 is 1.96 bits per heavy atom.